The van der Waals surface area contributed by atoms with Crippen molar-refractivity contribution < 1.29 is 4.42 Å². The Morgan fingerprint density at radius 1 is 0.386 bits per heavy atom. The van der Waals surface area contributed by atoms with Crippen molar-refractivity contribution in [2.75, 3.05) is 0 Å². The van der Waals surface area contributed by atoms with E-state index in [1.54, 1.807) is 22.7 Å². The smallest absolute Gasteiger partial charge is 0.164 e. The maximum absolute atomic E-state index is 6.85. The molecule has 0 N–H and O–H groups in total. The molecule has 0 spiro atoms. The number of para-hydroxylation sites is 1. The summed E-state index contributed by atoms with van der Waals surface area (Å²) < 4.78 is 11.5. The highest BCUT2D eigenvalue weighted by Crippen LogP contribution is 2.45. The number of aromatic nitrogens is 5. The zero-order chi connectivity index (χ0) is 37.5. The molecular weight excluding hydrogens is 739 g/mol. The first-order valence-electron chi connectivity index (χ1n) is 18.7. The Balaban J connectivity index is 1.08. The first kappa shape index (κ1) is 32.1. The molecule has 5 heterocycles. The molecular formula is C49H27N5OS2. The average Bonchev–Trinajstić information content (AvgIpc) is 3.98. The highest BCUT2D eigenvalue weighted by atomic mass is 32.1. The monoisotopic (exact) mass is 765 g/mol. The van der Waals surface area contributed by atoms with Gasteiger partial charge in [0.2, 0.25) is 0 Å². The molecule has 0 fully saturated rings. The first-order chi connectivity index (χ1) is 28.2. The summed E-state index contributed by atoms with van der Waals surface area (Å²) in [7, 11) is 0. The first-order valence-corrected chi connectivity index (χ1v) is 20.3. The van der Waals surface area contributed by atoms with Crippen molar-refractivity contribution in [2.45, 2.75) is 0 Å². The van der Waals surface area contributed by atoms with Crippen molar-refractivity contribution in [3.63, 3.8) is 0 Å². The Morgan fingerprint density at radius 3 is 1.77 bits per heavy atom. The molecule has 0 saturated heterocycles. The molecule has 0 aliphatic carbocycles. The molecule has 57 heavy (non-hydrogen) atoms. The third kappa shape index (κ3) is 5.19. The number of thiophene rings is 2. The van der Waals surface area contributed by atoms with E-state index in [0.29, 0.717) is 23.3 Å². The standard InChI is InChI=1S/C49H27N5OS2/c1-3-13-28(14-4-1)46-50-42-33-18-8-10-24-39(33)57-45(42)43(51-46)36-21-11-19-34-41-35(20-12-22-37(41)55-44(34)36)49-53-47(29-15-5-2-6-16-29)52-48(54-49)30-25-26-32-31-17-7-9-23-38(31)56-40(32)27-30/h1-27H. The van der Waals surface area contributed by atoms with E-state index in [0.717, 1.165) is 71.1 Å². The number of nitrogens with zero attached hydrogens (tertiary/aromatic N) is 5. The van der Waals surface area contributed by atoms with Crippen molar-refractivity contribution in [3.05, 3.63) is 164 Å². The van der Waals surface area contributed by atoms with Crippen LogP contribution in [-0.2, 0) is 0 Å². The molecule has 7 aromatic carbocycles. The van der Waals surface area contributed by atoms with Gasteiger partial charge in [-0.3, -0.25) is 0 Å². The molecule has 0 aliphatic heterocycles. The zero-order valence-corrected chi connectivity index (χ0v) is 31.7. The van der Waals surface area contributed by atoms with Gasteiger partial charge in [-0.05, 0) is 30.3 Å². The predicted octanol–water partition coefficient (Wildman–Crippen LogP) is 13.6. The van der Waals surface area contributed by atoms with Crippen LogP contribution in [0.5, 0.6) is 0 Å². The van der Waals surface area contributed by atoms with Gasteiger partial charge in [0.05, 0.1) is 15.9 Å². The fourth-order valence-electron chi connectivity index (χ4n) is 7.92. The maximum atomic E-state index is 6.85. The molecule has 0 aliphatic rings. The fraction of sp³-hybridized carbons (Fsp3) is 0. The van der Waals surface area contributed by atoms with E-state index >= 15 is 0 Å². The van der Waals surface area contributed by atoms with Gasteiger partial charge >= 0.3 is 0 Å². The minimum Gasteiger partial charge on any atom is -0.455 e. The summed E-state index contributed by atoms with van der Waals surface area (Å²) in [5.74, 6) is 2.48. The van der Waals surface area contributed by atoms with E-state index in [4.69, 9.17) is 29.3 Å². The van der Waals surface area contributed by atoms with Crippen molar-refractivity contribution in [1.29, 1.82) is 0 Å². The van der Waals surface area contributed by atoms with E-state index in [-0.39, 0.29) is 0 Å². The van der Waals surface area contributed by atoms with Gasteiger partial charge in [0.25, 0.3) is 0 Å². The van der Waals surface area contributed by atoms with Gasteiger partial charge in [-0.1, -0.05) is 133 Å². The largest absolute Gasteiger partial charge is 0.455 e. The van der Waals surface area contributed by atoms with Gasteiger partial charge < -0.3 is 4.42 Å². The summed E-state index contributed by atoms with van der Waals surface area (Å²) in [4.78, 5) is 25.8. The number of benzene rings is 7. The maximum Gasteiger partial charge on any atom is 0.164 e. The van der Waals surface area contributed by atoms with Crippen LogP contribution in [0, 0.1) is 0 Å². The Kier molecular flexibility index (Phi) is 7.17. The quantitative estimate of drug-likeness (QED) is 0.174. The molecule has 12 rings (SSSR count). The number of furan rings is 1. The van der Waals surface area contributed by atoms with E-state index < -0.39 is 0 Å². The van der Waals surface area contributed by atoms with Crippen molar-refractivity contribution >= 4 is 85.1 Å². The van der Waals surface area contributed by atoms with Gasteiger partial charge in [-0.15, -0.1) is 22.7 Å². The summed E-state index contributed by atoms with van der Waals surface area (Å²) in [5, 5.41) is 5.51. The van der Waals surface area contributed by atoms with E-state index in [9.17, 15) is 0 Å². The lowest BCUT2D eigenvalue weighted by molar-refractivity contribution is 0.670. The molecule has 8 heteroatoms. The summed E-state index contributed by atoms with van der Waals surface area (Å²) in [6.07, 6.45) is 0. The Morgan fingerprint density at radius 2 is 0.982 bits per heavy atom. The topological polar surface area (TPSA) is 77.6 Å². The minimum atomic E-state index is 0.578. The van der Waals surface area contributed by atoms with Gasteiger partial charge in [-0.25, -0.2) is 24.9 Å². The second kappa shape index (κ2) is 12.7. The zero-order valence-electron chi connectivity index (χ0n) is 30.0. The highest BCUT2D eigenvalue weighted by molar-refractivity contribution is 7.26. The second-order valence-corrected chi connectivity index (χ2v) is 16.1. The second-order valence-electron chi connectivity index (χ2n) is 14.0. The number of fused-ring (bicyclic) bond motifs is 9. The van der Waals surface area contributed by atoms with Crippen LogP contribution < -0.4 is 0 Å². The third-order valence-electron chi connectivity index (χ3n) is 10.6. The summed E-state index contributed by atoms with van der Waals surface area (Å²) >= 11 is 3.49. The van der Waals surface area contributed by atoms with Crippen LogP contribution in [0.2, 0.25) is 0 Å². The summed E-state index contributed by atoms with van der Waals surface area (Å²) in [5.41, 5.74) is 7.87. The van der Waals surface area contributed by atoms with Crippen LogP contribution in [0.4, 0.5) is 0 Å². The molecule has 0 unspecified atom stereocenters. The van der Waals surface area contributed by atoms with Gasteiger partial charge in [0, 0.05) is 68.8 Å². The highest BCUT2D eigenvalue weighted by Gasteiger charge is 2.23. The molecule has 0 atom stereocenters. The predicted molar refractivity (Wildman–Crippen MR) is 236 cm³/mol. The van der Waals surface area contributed by atoms with Crippen LogP contribution >= 0.6 is 22.7 Å². The lowest BCUT2D eigenvalue weighted by Crippen LogP contribution is -2.00. The van der Waals surface area contributed by atoms with Crippen LogP contribution in [0.25, 0.3) is 119 Å². The van der Waals surface area contributed by atoms with Crippen molar-refractivity contribution in [1.82, 2.24) is 24.9 Å². The third-order valence-corrected chi connectivity index (χ3v) is 12.9. The molecule has 0 saturated carbocycles. The lowest BCUT2D eigenvalue weighted by atomic mass is 10.0. The van der Waals surface area contributed by atoms with Crippen LogP contribution in [0.1, 0.15) is 0 Å². The summed E-state index contributed by atoms with van der Waals surface area (Å²) in [6, 6.07) is 56.2. The van der Waals surface area contributed by atoms with Crippen LogP contribution in [0.15, 0.2) is 168 Å². The number of rotatable bonds is 5. The molecule has 0 radical (unpaired) electrons. The van der Waals surface area contributed by atoms with Gasteiger partial charge in [-0.2, -0.15) is 0 Å². The molecule has 266 valence electrons. The molecule has 0 amide bonds. The van der Waals surface area contributed by atoms with Crippen molar-refractivity contribution in [2.24, 2.45) is 0 Å². The minimum absolute atomic E-state index is 0.578. The Labute approximate surface area is 333 Å². The normalized spacial score (nSPS) is 11.9. The Bertz CT molecular complexity index is 3540. The van der Waals surface area contributed by atoms with Crippen LogP contribution in [-0.4, -0.2) is 24.9 Å². The fourth-order valence-corrected chi connectivity index (χ4v) is 10.2. The van der Waals surface area contributed by atoms with E-state index in [1.165, 1.54) is 24.9 Å². The summed E-state index contributed by atoms with van der Waals surface area (Å²) in [6.45, 7) is 0. The Hall–Kier alpha value is -7.13. The van der Waals surface area contributed by atoms with Crippen LogP contribution in [0.3, 0.4) is 0 Å². The number of hydrogen-bond acceptors (Lipinski definition) is 8. The number of hydrogen-bond donors (Lipinski definition) is 0. The SMILES string of the molecule is c1ccc(-c2nc(-c3ccc4c(c3)sc3ccccc34)nc(-c3cccc4oc5c(-c6nc(-c7ccccc7)nc7c6sc6ccccc67)cccc5c34)n2)cc1. The van der Waals surface area contributed by atoms with Crippen molar-refractivity contribution in [3.8, 4) is 56.8 Å². The lowest BCUT2D eigenvalue weighted by Gasteiger charge is -2.09. The van der Waals surface area contributed by atoms with E-state index in [2.05, 4.69) is 103 Å². The molecule has 5 aromatic heterocycles. The molecule has 6 nitrogen and oxygen atoms in total. The molecule has 12 aromatic rings. The van der Waals surface area contributed by atoms with E-state index in [1.807, 2.05) is 60.7 Å². The average molecular weight is 766 g/mol. The van der Waals surface area contributed by atoms with Gasteiger partial charge in [0.1, 0.15) is 11.2 Å². The molecule has 0 bridgehead atoms. The van der Waals surface area contributed by atoms with Gasteiger partial charge in [0.15, 0.2) is 23.3 Å².